The van der Waals surface area contributed by atoms with E-state index in [1.54, 1.807) is 29.8 Å². The van der Waals surface area contributed by atoms with Gasteiger partial charge in [-0.3, -0.25) is 14.6 Å². The standard InChI is InChI=1S/C23H23N9O2.C2H6/c1-31-13-24-20-21(31)27-23(28-22(20)34)26-19-12-16(6-9-18(19)25-14-33)30-29-15-4-7-17(8-5-15)32-10-2-3-11-32;1-2/h4-9,12-14H,2-3,10-11H2,1H3,(H,25,33)(H2,26,27,28,34);1-2H3. The van der Waals surface area contributed by atoms with Crippen LogP contribution >= 0.6 is 0 Å². The maximum Gasteiger partial charge on any atom is 0.280 e. The number of anilines is 4. The first-order valence-electron chi connectivity index (χ1n) is 11.9. The molecule has 0 saturated carbocycles. The summed E-state index contributed by atoms with van der Waals surface area (Å²) in [6.07, 6.45) is 4.55. The maximum atomic E-state index is 12.3. The van der Waals surface area contributed by atoms with Crippen LogP contribution in [0, 0.1) is 0 Å². The summed E-state index contributed by atoms with van der Waals surface area (Å²) in [5, 5.41) is 14.3. The summed E-state index contributed by atoms with van der Waals surface area (Å²) in [7, 11) is 1.75. The molecule has 0 atom stereocenters. The minimum atomic E-state index is -0.369. The van der Waals surface area contributed by atoms with Crippen molar-refractivity contribution in [1.82, 2.24) is 19.5 Å². The van der Waals surface area contributed by atoms with E-state index in [-0.39, 0.29) is 17.0 Å². The van der Waals surface area contributed by atoms with Crippen LogP contribution in [0.1, 0.15) is 26.7 Å². The van der Waals surface area contributed by atoms with Crippen LogP contribution in [0.3, 0.4) is 0 Å². The Morgan fingerprint density at radius 2 is 1.69 bits per heavy atom. The van der Waals surface area contributed by atoms with Gasteiger partial charge in [0.15, 0.2) is 11.2 Å². The molecule has 186 valence electrons. The highest BCUT2D eigenvalue weighted by atomic mass is 16.1. The monoisotopic (exact) mass is 487 g/mol. The number of carbonyl (C=O) groups is 1. The number of hydrogen-bond acceptors (Lipinski definition) is 8. The molecule has 1 aliphatic rings. The Morgan fingerprint density at radius 3 is 2.42 bits per heavy atom. The quantitative estimate of drug-likeness (QED) is 0.248. The first-order chi connectivity index (χ1) is 17.6. The maximum absolute atomic E-state index is 12.3. The number of benzene rings is 2. The fourth-order valence-corrected chi connectivity index (χ4v) is 3.91. The molecular weight excluding hydrogens is 458 g/mol. The third kappa shape index (κ3) is 5.40. The van der Waals surface area contributed by atoms with Gasteiger partial charge in [-0.25, -0.2) is 4.98 Å². The van der Waals surface area contributed by atoms with Gasteiger partial charge in [0.1, 0.15) is 0 Å². The fourth-order valence-electron chi connectivity index (χ4n) is 3.91. The van der Waals surface area contributed by atoms with Gasteiger partial charge in [0.05, 0.1) is 29.1 Å². The minimum absolute atomic E-state index is 0.210. The number of fused-ring (bicyclic) bond motifs is 1. The van der Waals surface area contributed by atoms with E-state index in [0.717, 1.165) is 18.8 Å². The van der Waals surface area contributed by atoms with Crippen LogP contribution in [-0.2, 0) is 11.8 Å². The molecule has 36 heavy (non-hydrogen) atoms. The molecular formula is C25H29N9O2. The highest BCUT2D eigenvalue weighted by Gasteiger charge is 2.12. The number of carbonyl (C=O) groups excluding carboxylic acids is 1. The lowest BCUT2D eigenvalue weighted by molar-refractivity contribution is -0.105. The zero-order valence-corrected chi connectivity index (χ0v) is 20.5. The van der Waals surface area contributed by atoms with Crippen LogP contribution in [0.4, 0.5) is 34.4 Å². The second kappa shape index (κ2) is 11.3. The second-order valence-corrected chi connectivity index (χ2v) is 7.97. The lowest BCUT2D eigenvalue weighted by Gasteiger charge is -2.17. The summed E-state index contributed by atoms with van der Waals surface area (Å²) in [4.78, 5) is 36.9. The molecule has 0 radical (unpaired) electrons. The molecule has 3 heterocycles. The Morgan fingerprint density at radius 1 is 1.00 bits per heavy atom. The van der Waals surface area contributed by atoms with Gasteiger partial charge in [0, 0.05) is 25.8 Å². The summed E-state index contributed by atoms with van der Waals surface area (Å²) in [6, 6.07) is 13.1. The largest absolute Gasteiger partial charge is 0.372 e. The van der Waals surface area contributed by atoms with E-state index in [0.29, 0.717) is 29.1 Å². The number of nitrogens with zero attached hydrogens (tertiary/aromatic N) is 6. The summed E-state index contributed by atoms with van der Waals surface area (Å²) in [6.45, 7) is 6.18. The van der Waals surface area contributed by atoms with Crippen LogP contribution in [0.2, 0.25) is 0 Å². The number of aryl methyl sites for hydroxylation is 1. The highest BCUT2D eigenvalue weighted by molar-refractivity contribution is 5.84. The lowest BCUT2D eigenvalue weighted by atomic mass is 10.2. The molecule has 1 aliphatic heterocycles. The zero-order valence-electron chi connectivity index (χ0n) is 20.5. The molecule has 11 nitrogen and oxygen atoms in total. The van der Waals surface area contributed by atoms with Crippen molar-refractivity contribution in [3.05, 3.63) is 59.1 Å². The summed E-state index contributed by atoms with van der Waals surface area (Å²) < 4.78 is 1.65. The van der Waals surface area contributed by atoms with Gasteiger partial charge in [-0.1, -0.05) is 13.8 Å². The van der Waals surface area contributed by atoms with Crippen molar-refractivity contribution in [1.29, 1.82) is 0 Å². The Kier molecular flexibility index (Phi) is 7.69. The fraction of sp³-hybridized carbons (Fsp3) is 0.280. The smallest absolute Gasteiger partial charge is 0.280 e. The lowest BCUT2D eigenvalue weighted by Crippen LogP contribution is -2.17. The first kappa shape index (κ1) is 24.6. The number of aromatic nitrogens is 4. The Hall–Kier alpha value is -4.54. The van der Waals surface area contributed by atoms with E-state index in [4.69, 9.17) is 0 Å². The van der Waals surface area contributed by atoms with Gasteiger partial charge in [-0.2, -0.15) is 15.2 Å². The van der Waals surface area contributed by atoms with E-state index >= 15 is 0 Å². The molecule has 3 N–H and O–H groups in total. The Balaban J connectivity index is 0.00000148. The van der Waals surface area contributed by atoms with Crippen LogP contribution < -0.4 is 21.1 Å². The molecule has 0 unspecified atom stereocenters. The van der Waals surface area contributed by atoms with E-state index in [1.807, 2.05) is 26.0 Å². The van der Waals surface area contributed by atoms with Crippen LogP contribution in [0.15, 0.2) is 63.8 Å². The number of hydrogen-bond donors (Lipinski definition) is 3. The predicted molar refractivity (Wildman–Crippen MR) is 142 cm³/mol. The molecule has 4 aromatic rings. The molecule has 1 fully saturated rings. The SMILES string of the molecule is CC.Cn1cnc2c(=O)[nH]c(Nc3cc(N=Nc4ccc(N5CCCC5)cc4)ccc3NC=O)nc21. The van der Waals surface area contributed by atoms with Crippen molar-refractivity contribution < 1.29 is 4.79 Å². The van der Waals surface area contributed by atoms with Gasteiger partial charge in [-0.05, 0) is 55.3 Å². The molecule has 2 aromatic heterocycles. The van der Waals surface area contributed by atoms with Gasteiger partial charge < -0.3 is 20.1 Å². The Bertz CT molecular complexity index is 1420. The molecule has 0 spiro atoms. The van der Waals surface area contributed by atoms with E-state index in [2.05, 4.69) is 52.8 Å². The van der Waals surface area contributed by atoms with Gasteiger partial charge in [-0.15, -0.1) is 0 Å². The molecule has 1 amide bonds. The number of imidazole rings is 1. The number of H-pyrrole nitrogens is 1. The van der Waals surface area contributed by atoms with Crippen LogP contribution in [0.25, 0.3) is 11.2 Å². The molecule has 0 aliphatic carbocycles. The molecule has 5 rings (SSSR count). The number of rotatable bonds is 7. The topological polar surface area (TPSA) is 133 Å². The number of nitrogens with one attached hydrogen (secondary N) is 3. The zero-order chi connectivity index (χ0) is 25.5. The highest BCUT2D eigenvalue weighted by Crippen LogP contribution is 2.30. The molecule has 0 bridgehead atoms. The van der Waals surface area contributed by atoms with Gasteiger partial charge >= 0.3 is 0 Å². The normalized spacial score (nSPS) is 13.0. The minimum Gasteiger partial charge on any atom is -0.372 e. The third-order valence-corrected chi connectivity index (χ3v) is 5.64. The molecule has 11 heteroatoms. The molecule has 1 saturated heterocycles. The van der Waals surface area contributed by atoms with E-state index < -0.39 is 0 Å². The number of aromatic amines is 1. The first-order valence-corrected chi connectivity index (χ1v) is 11.9. The van der Waals surface area contributed by atoms with E-state index in [9.17, 15) is 9.59 Å². The third-order valence-electron chi connectivity index (χ3n) is 5.64. The number of azo groups is 1. The van der Waals surface area contributed by atoms with Gasteiger partial charge in [0.25, 0.3) is 5.56 Å². The summed E-state index contributed by atoms with van der Waals surface area (Å²) in [5.41, 5.74) is 3.80. The van der Waals surface area contributed by atoms with Crippen LogP contribution in [0.5, 0.6) is 0 Å². The van der Waals surface area contributed by atoms with Gasteiger partial charge in [0.2, 0.25) is 12.4 Å². The van der Waals surface area contributed by atoms with Crippen molar-refractivity contribution in [3.63, 3.8) is 0 Å². The molecule has 2 aromatic carbocycles. The number of amides is 1. The average Bonchev–Trinajstić information content (AvgIpc) is 3.57. The second-order valence-electron chi connectivity index (χ2n) is 7.97. The summed E-state index contributed by atoms with van der Waals surface area (Å²) in [5.74, 6) is 0.210. The summed E-state index contributed by atoms with van der Waals surface area (Å²) >= 11 is 0. The van der Waals surface area contributed by atoms with Crippen molar-refractivity contribution in [2.45, 2.75) is 26.7 Å². The van der Waals surface area contributed by atoms with Crippen molar-refractivity contribution in [2.24, 2.45) is 17.3 Å². The van der Waals surface area contributed by atoms with Crippen LogP contribution in [-0.4, -0.2) is 39.0 Å². The average molecular weight is 488 g/mol. The van der Waals surface area contributed by atoms with Crippen molar-refractivity contribution in [2.75, 3.05) is 28.6 Å². The van der Waals surface area contributed by atoms with Crippen molar-refractivity contribution >= 4 is 52.0 Å². The predicted octanol–water partition coefficient (Wildman–Crippen LogP) is 5.01. The van der Waals surface area contributed by atoms with Crippen molar-refractivity contribution in [3.8, 4) is 0 Å². The van der Waals surface area contributed by atoms with E-state index in [1.165, 1.54) is 24.9 Å². The Labute approximate surface area is 208 Å².